The van der Waals surface area contributed by atoms with Gasteiger partial charge in [-0.3, -0.25) is 0 Å². The standard InChI is InChI=1S/C10H16F2N4O/c1-10(2,5-17)4-14-8-6(11)3-7(12)9(15-8)16-13/h3,17H,4-5,13H2,1-2H3,(H2,14,15,16). The summed E-state index contributed by atoms with van der Waals surface area (Å²) in [7, 11) is 0. The molecule has 0 aliphatic heterocycles. The van der Waals surface area contributed by atoms with Gasteiger partial charge in [0.05, 0.1) is 0 Å². The molecule has 0 saturated heterocycles. The second-order valence-electron chi connectivity index (χ2n) is 4.47. The third kappa shape index (κ3) is 3.50. The van der Waals surface area contributed by atoms with Crippen molar-refractivity contribution in [2.45, 2.75) is 13.8 Å². The van der Waals surface area contributed by atoms with Crippen LogP contribution in [0.1, 0.15) is 13.8 Å². The number of hydrogen-bond donors (Lipinski definition) is 4. The Hall–Kier alpha value is -1.47. The Morgan fingerprint density at radius 3 is 2.47 bits per heavy atom. The predicted octanol–water partition coefficient (Wildman–Crippen LogP) is 1.08. The lowest BCUT2D eigenvalue weighted by Crippen LogP contribution is -2.27. The van der Waals surface area contributed by atoms with Crippen molar-refractivity contribution in [1.82, 2.24) is 4.98 Å². The fourth-order valence-corrected chi connectivity index (χ4v) is 1.07. The maximum atomic E-state index is 13.3. The molecule has 1 rings (SSSR count). The number of hydrogen-bond acceptors (Lipinski definition) is 5. The molecule has 0 unspecified atom stereocenters. The molecule has 0 saturated carbocycles. The molecule has 0 spiro atoms. The van der Waals surface area contributed by atoms with E-state index in [2.05, 4.69) is 10.3 Å². The van der Waals surface area contributed by atoms with Gasteiger partial charge in [-0.1, -0.05) is 13.8 Å². The molecule has 17 heavy (non-hydrogen) atoms. The molecule has 0 bridgehead atoms. The lowest BCUT2D eigenvalue weighted by Gasteiger charge is -2.22. The van der Waals surface area contributed by atoms with E-state index in [0.717, 1.165) is 0 Å². The smallest absolute Gasteiger partial charge is 0.178 e. The van der Waals surface area contributed by atoms with Gasteiger partial charge in [0.15, 0.2) is 23.3 Å². The molecule has 0 aliphatic carbocycles. The Balaban J connectivity index is 2.84. The molecule has 0 aliphatic rings. The maximum absolute atomic E-state index is 13.3. The van der Waals surface area contributed by atoms with Gasteiger partial charge in [0.1, 0.15) is 0 Å². The number of aliphatic hydroxyl groups excluding tert-OH is 1. The lowest BCUT2D eigenvalue weighted by molar-refractivity contribution is 0.170. The van der Waals surface area contributed by atoms with Crippen molar-refractivity contribution in [1.29, 1.82) is 0 Å². The first kappa shape index (κ1) is 13.6. The van der Waals surface area contributed by atoms with E-state index in [-0.39, 0.29) is 18.2 Å². The van der Waals surface area contributed by atoms with E-state index in [1.807, 2.05) is 5.43 Å². The third-order valence-corrected chi connectivity index (χ3v) is 2.23. The van der Waals surface area contributed by atoms with Crippen LogP contribution in [0.2, 0.25) is 0 Å². The number of aliphatic hydroxyl groups is 1. The first-order chi connectivity index (χ1) is 7.89. The minimum Gasteiger partial charge on any atom is -0.396 e. The molecule has 0 atom stereocenters. The van der Waals surface area contributed by atoms with Crippen molar-refractivity contribution in [2.75, 3.05) is 23.9 Å². The van der Waals surface area contributed by atoms with Crippen LogP contribution in [0.5, 0.6) is 0 Å². The van der Waals surface area contributed by atoms with E-state index in [1.165, 1.54) is 0 Å². The number of nitrogens with one attached hydrogen (secondary N) is 2. The van der Waals surface area contributed by atoms with Gasteiger partial charge in [0.25, 0.3) is 0 Å². The van der Waals surface area contributed by atoms with Crippen LogP contribution in [0, 0.1) is 17.0 Å². The monoisotopic (exact) mass is 246 g/mol. The molecule has 1 heterocycles. The number of anilines is 2. The van der Waals surface area contributed by atoms with Crippen molar-refractivity contribution in [3.63, 3.8) is 0 Å². The summed E-state index contributed by atoms with van der Waals surface area (Å²) in [5.74, 6) is 3.01. The number of hydrazine groups is 1. The van der Waals surface area contributed by atoms with Crippen molar-refractivity contribution >= 4 is 11.6 Å². The zero-order valence-electron chi connectivity index (χ0n) is 9.72. The van der Waals surface area contributed by atoms with E-state index in [4.69, 9.17) is 10.9 Å². The van der Waals surface area contributed by atoms with Crippen LogP contribution >= 0.6 is 0 Å². The normalized spacial score (nSPS) is 11.4. The Morgan fingerprint density at radius 2 is 1.94 bits per heavy atom. The predicted molar refractivity (Wildman–Crippen MR) is 61.3 cm³/mol. The van der Waals surface area contributed by atoms with E-state index in [1.54, 1.807) is 13.8 Å². The second-order valence-corrected chi connectivity index (χ2v) is 4.47. The average molecular weight is 246 g/mol. The van der Waals surface area contributed by atoms with Crippen molar-refractivity contribution < 1.29 is 13.9 Å². The molecule has 1 aromatic rings. The summed E-state index contributed by atoms with van der Waals surface area (Å²) in [4.78, 5) is 3.65. The maximum Gasteiger partial charge on any atom is 0.178 e. The number of nitrogens with two attached hydrogens (primary N) is 1. The van der Waals surface area contributed by atoms with Crippen LogP contribution < -0.4 is 16.6 Å². The topological polar surface area (TPSA) is 83.2 Å². The Morgan fingerprint density at radius 1 is 1.35 bits per heavy atom. The molecule has 1 aromatic heterocycles. The van der Waals surface area contributed by atoms with Gasteiger partial charge in [-0.05, 0) is 0 Å². The molecule has 0 radical (unpaired) electrons. The van der Waals surface area contributed by atoms with E-state index in [9.17, 15) is 8.78 Å². The first-order valence-corrected chi connectivity index (χ1v) is 5.07. The SMILES string of the molecule is CC(C)(CO)CNc1nc(NN)c(F)cc1F. The van der Waals surface area contributed by atoms with E-state index < -0.39 is 17.0 Å². The molecule has 5 N–H and O–H groups in total. The molecule has 7 heteroatoms. The zero-order chi connectivity index (χ0) is 13.1. The van der Waals surface area contributed by atoms with Gasteiger partial charge in [-0.25, -0.2) is 19.6 Å². The van der Waals surface area contributed by atoms with Gasteiger partial charge in [0.2, 0.25) is 0 Å². The summed E-state index contributed by atoms with van der Waals surface area (Å²) in [6.07, 6.45) is 0. The minimum atomic E-state index is -0.864. The number of nitrogen functional groups attached to an aromatic ring is 1. The summed E-state index contributed by atoms with van der Waals surface area (Å²) in [6, 6.07) is 0.691. The number of pyridine rings is 1. The lowest BCUT2D eigenvalue weighted by atomic mass is 9.95. The molecule has 96 valence electrons. The zero-order valence-corrected chi connectivity index (χ0v) is 9.72. The molecule has 0 amide bonds. The third-order valence-electron chi connectivity index (χ3n) is 2.23. The summed E-state index contributed by atoms with van der Waals surface area (Å²) in [5, 5.41) is 11.7. The van der Waals surface area contributed by atoms with Crippen LogP contribution in [-0.2, 0) is 0 Å². The molecule has 5 nitrogen and oxygen atoms in total. The van der Waals surface area contributed by atoms with Gasteiger partial charge in [-0.2, -0.15) is 0 Å². The van der Waals surface area contributed by atoms with Gasteiger partial charge in [0, 0.05) is 24.6 Å². The molecule has 0 fully saturated rings. The number of aromatic nitrogens is 1. The van der Waals surface area contributed by atoms with Crippen molar-refractivity contribution in [2.24, 2.45) is 11.3 Å². The summed E-state index contributed by atoms with van der Waals surface area (Å²) >= 11 is 0. The highest BCUT2D eigenvalue weighted by molar-refractivity contribution is 5.46. The van der Waals surface area contributed by atoms with Gasteiger partial charge >= 0.3 is 0 Å². The van der Waals surface area contributed by atoms with Crippen LogP contribution in [0.15, 0.2) is 6.07 Å². The molecular formula is C10H16F2N4O. The van der Waals surface area contributed by atoms with E-state index >= 15 is 0 Å². The van der Waals surface area contributed by atoms with E-state index in [0.29, 0.717) is 12.6 Å². The Kier molecular flexibility index (Phi) is 4.19. The molecule has 0 aromatic carbocycles. The van der Waals surface area contributed by atoms with Crippen LogP contribution in [0.4, 0.5) is 20.4 Å². The van der Waals surface area contributed by atoms with Crippen molar-refractivity contribution in [3.8, 4) is 0 Å². The summed E-state index contributed by atoms with van der Waals surface area (Å²) in [6.45, 7) is 3.82. The van der Waals surface area contributed by atoms with Gasteiger partial charge in [-0.15, -0.1) is 0 Å². The Labute approximate surface area is 98.0 Å². The quantitative estimate of drug-likeness (QED) is 0.461. The van der Waals surface area contributed by atoms with Gasteiger partial charge < -0.3 is 15.8 Å². The first-order valence-electron chi connectivity index (χ1n) is 5.07. The molecular weight excluding hydrogens is 230 g/mol. The fourth-order valence-electron chi connectivity index (χ4n) is 1.07. The number of rotatable bonds is 5. The second kappa shape index (κ2) is 5.24. The highest BCUT2D eigenvalue weighted by Gasteiger charge is 2.18. The average Bonchev–Trinajstić information content (AvgIpc) is 2.28. The Bertz CT molecular complexity index is 398. The fraction of sp³-hybridized carbons (Fsp3) is 0.500. The number of nitrogens with zero attached hydrogens (tertiary/aromatic N) is 1. The highest BCUT2D eigenvalue weighted by atomic mass is 19.1. The summed E-state index contributed by atoms with van der Waals surface area (Å²) < 4.78 is 26.4. The largest absolute Gasteiger partial charge is 0.396 e. The minimum absolute atomic E-state index is 0.0647. The van der Waals surface area contributed by atoms with Crippen LogP contribution in [-0.4, -0.2) is 23.2 Å². The van der Waals surface area contributed by atoms with Crippen LogP contribution in [0.25, 0.3) is 0 Å². The van der Waals surface area contributed by atoms with Crippen molar-refractivity contribution in [3.05, 3.63) is 17.7 Å². The summed E-state index contributed by atoms with van der Waals surface area (Å²) in [5.41, 5.74) is 1.60. The highest BCUT2D eigenvalue weighted by Crippen LogP contribution is 2.20. The van der Waals surface area contributed by atoms with Crippen LogP contribution in [0.3, 0.4) is 0 Å². The number of halogens is 2.